The molecular weight excluding hydrogens is 295 g/mol. The highest BCUT2D eigenvalue weighted by molar-refractivity contribution is 7.80. The predicted octanol–water partition coefficient (Wildman–Crippen LogP) is 4.01. The third kappa shape index (κ3) is 4.18. The first kappa shape index (κ1) is 14.8. The molecule has 0 aromatic heterocycles. The number of hydrogen-bond acceptors (Lipinski definition) is 1. The molecule has 0 atom stereocenters. The van der Waals surface area contributed by atoms with E-state index in [4.69, 9.17) is 23.8 Å². The van der Waals surface area contributed by atoms with Gasteiger partial charge in [-0.25, -0.2) is 4.39 Å². The van der Waals surface area contributed by atoms with Crippen LogP contribution in [0.5, 0.6) is 0 Å². The van der Waals surface area contributed by atoms with E-state index in [1.54, 1.807) is 12.1 Å². The van der Waals surface area contributed by atoms with Crippen molar-refractivity contribution in [1.82, 2.24) is 5.32 Å². The molecule has 20 heavy (non-hydrogen) atoms. The molecule has 0 bridgehead atoms. The molecule has 0 aliphatic rings. The van der Waals surface area contributed by atoms with Crippen molar-refractivity contribution in [3.8, 4) is 0 Å². The second-order valence-electron chi connectivity index (χ2n) is 4.22. The summed E-state index contributed by atoms with van der Waals surface area (Å²) in [5.41, 5.74) is 1.49. The van der Waals surface area contributed by atoms with Crippen LogP contribution in [0, 0.1) is 5.82 Å². The quantitative estimate of drug-likeness (QED) is 0.835. The Morgan fingerprint density at radius 2 is 1.85 bits per heavy atom. The highest BCUT2D eigenvalue weighted by Crippen LogP contribution is 2.21. The molecule has 0 amide bonds. The zero-order valence-electron chi connectivity index (χ0n) is 10.7. The molecule has 0 saturated carbocycles. The molecule has 5 heteroatoms. The van der Waals surface area contributed by atoms with Crippen molar-refractivity contribution in [2.24, 2.45) is 0 Å². The summed E-state index contributed by atoms with van der Waals surface area (Å²) in [5.74, 6) is -0.499. The third-order valence-corrected chi connectivity index (χ3v) is 3.28. The second kappa shape index (κ2) is 7.22. The first-order chi connectivity index (χ1) is 9.66. The van der Waals surface area contributed by atoms with E-state index in [-0.39, 0.29) is 10.7 Å². The summed E-state index contributed by atoms with van der Waals surface area (Å²) < 4.78 is 13.7. The van der Waals surface area contributed by atoms with Crippen LogP contribution in [-0.4, -0.2) is 11.7 Å². The first-order valence-electron chi connectivity index (χ1n) is 6.19. The minimum atomic E-state index is -0.499. The zero-order valence-corrected chi connectivity index (χ0v) is 12.3. The number of nitrogens with one attached hydrogen (secondary N) is 2. The van der Waals surface area contributed by atoms with Crippen LogP contribution in [0.4, 0.5) is 10.1 Å². The predicted molar refractivity (Wildman–Crippen MR) is 85.8 cm³/mol. The summed E-state index contributed by atoms with van der Waals surface area (Å²) in [6, 6.07) is 14.8. The van der Waals surface area contributed by atoms with Gasteiger partial charge in [0.1, 0.15) is 0 Å². The minimum Gasteiger partial charge on any atom is -0.362 e. The van der Waals surface area contributed by atoms with Crippen molar-refractivity contribution in [2.75, 3.05) is 11.9 Å². The Kier molecular flexibility index (Phi) is 5.32. The van der Waals surface area contributed by atoms with Gasteiger partial charge in [-0.3, -0.25) is 0 Å². The fourth-order valence-corrected chi connectivity index (χ4v) is 2.12. The van der Waals surface area contributed by atoms with E-state index in [0.29, 0.717) is 11.7 Å². The lowest BCUT2D eigenvalue weighted by atomic mass is 10.1. The lowest BCUT2D eigenvalue weighted by molar-refractivity contribution is 0.632. The van der Waals surface area contributed by atoms with Crippen LogP contribution in [0.2, 0.25) is 5.02 Å². The number of halogens is 2. The van der Waals surface area contributed by atoms with Crippen LogP contribution in [0.3, 0.4) is 0 Å². The summed E-state index contributed by atoms with van der Waals surface area (Å²) in [7, 11) is 0. The molecule has 0 fully saturated rings. The van der Waals surface area contributed by atoms with E-state index in [9.17, 15) is 4.39 Å². The number of anilines is 1. The molecule has 2 N–H and O–H groups in total. The summed E-state index contributed by atoms with van der Waals surface area (Å²) in [4.78, 5) is 0. The average Bonchev–Trinajstić information content (AvgIpc) is 2.45. The van der Waals surface area contributed by atoms with Gasteiger partial charge >= 0.3 is 0 Å². The summed E-state index contributed by atoms with van der Waals surface area (Å²) in [6.07, 6.45) is 0.848. The zero-order chi connectivity index (χ0) is 14.4. The minimum absolute atomic E-state index is 0.0714. The van der Waals surface area contributed by atoms with Crippen LogP contribution in [0.15, 0.2) is 48.5 Å². The van der Waals surface area contributed by atoms with Crippen LogP contribution in [0.25, 0.3) is 0 Å². The van der Waals surface area contributed by atoms with E-state index in [2.05, 4.69) is 22.8 Å². The molecule has 0 heterocycles. The summed E-state index contributed by atoms with van der Waals surface area (Å²) in [5, 5.41) is 6.28. The summed E-state index contributed by atoms with van der Waals surface area (Å²) in [6.45, 7) is 0.679. The maximum atomic E-state index is 13.7. The Morgan fingerprint density at radius 1 is 1.10 bits per heavy atom. The molecule has 2 aromatic rings. The number of rotatable bonds is 4. The normalized spacial score (nSPS) is 10.1. The van der Waals surface area contributed by atoms with Gasteiger partial charge in [-0.2, -0.15) is 0 Å². The Balaban J connectivity index is 1.82. The molecule has 0 saturated heterocycles. The van der Waals surface area contributed by atoms with Crippen LogP contribution >= 0.6 is 23.8 Å². The Hall–Kier alpha value is -1.65. The van der Waals surface area contributed by atoms with Crippen molar-refractivity contribution >= 4 is 34.6 Å². The molecule has 2 rings (SSSR count). The fourth-order valence-electron chi connectivity index (χ4n) is 1.73. The Morgan fingerprint density at radius 3 is 2.60 bits per heavy atom. The Labute approximate surface area is 128 Å². The molecule has 2 nitrogen and oxygen atoms in total. The largest absolute Gasteiger partial charge is 0.362 e. The van der Waals surface area contributed by atoms with Crippen LogP contribution < -0.4 is 10.6 Å². The van der Waals surface area contributed by atoms with Gasteiger partial charge in [0.2, 0.25) is 0 Å². The lowest BCUT2D eigenvalue weighted by Gasteiger charge is -2.11. The van der Waals surface area contributed by atoms with Gasteiger partial charge in [0.25, 0.3) is 0 Å². The maximum Gasteiger partial charge on any atom is 0.170 e. The molecule has 104 valence electrons. The fraction of sp³-hybridized carbons (Fsp3) is 0.133. The number of thiocarbonyl (C=S) groups is 1. The third-order valence-electron chi connectivity index (χ3n) is 2.74. The number of benzene rings is 2. The van der Waals surface area contributed by atoms with Crippen molar-refractivity contribution in [3.05, 3.63) is 64.9 Å². The standard InChI is InChI=1S/C15H14ClFN2S/c16-12-7-4-8-13(14(12)17)19-15(20)18-10-9-11-5-2-1-3-6-11/h1-8H,9-10H2,(H2,18,19,20). The van der Waals surface area contributed by atoms with E-state index in [1.165, 1.54) is 11.6 Å². The molecule has 0 radical (unpaired) electrons. The second-order valence-corrected chi connectivity index (χ2v) is 5.03. The van der Waals surface area contributed by atoms with Gasteiger partial charge in [0.05, 0.1) is 10.7 Å². The highest BCUT2D eigenvalue weighted by atomic mass is 35.5. The SMILES string of the molecule is Fc1c(Cl)cccc1NC(=S)NCCc1ccccc1. The van der Waals surface area contributed by atoms with Gasteiger partial charge in [-0.15, -0.1) is 0 Å². The first-order valence-corrected chi connectivity index (χ1v) is 6.98. The van der Waals surface area contributed by atoms with Gasteiger partial charge in [0, 0.05) is 6.54 Å². The topological polar surface area (TPSA) is 24.1 Å². The van der Waals surface area contributed by atoms with Crippen molar-refractivity contribution in [2.45, 2.75) is 6.42 Å². The smallest absolute Gasteiger partial charge is 0.170 e. The molecule has 0 spiro atoms. The van der Waals surface area contributed by atoms with E-state index >= 15 is 0 Å². The van der Waals surface area contributed by atoms with Crippen molar-refractivity contribution in [1.29, 1.82) is 0 Å². The monoisotopic (exact) mass is 308 g/mol. The highest BCUT2D eigenvalue weighted by Gasteiger charge is 2.07. The maximum absolute atomic E-state index is 13.7. The van der Waals surface area contributed by atoms with Gasteiger partial charge in [-0.05, 0) is 36.3 Å². The van der Waals surface area contributed by atoms with Crippen LogP contribution in [0.1, 0.15) is 5.56 Å². The Bertz CT molecular complexity index is 590. The van der Waals surface area contributed by atoms with E-state index < -0.39 is 5.82 Å². The summed E-state index contributed by atoms with van der Waals surface area (Å²) >= 11 is 10.8. The van der Waals surface area contributed by atoms with Gasteiger partial charge < -0.3 is 10.6 Å². The average molecular weight is 309 g/mol. The van der Waals surface area contributed by atoms with E-state index in [1.807, 2.05) is 18.2 Å². The van der Waals surface area contributed by atoms with Crippen molar-refractivity contribution < 1.29 is 4.39 Å². The van der Waals surface area contributed by atoms with E-state index in [0.717, 1.165) is 6.42 Å². The van der Waals surface area contributed by atoms with Crippen molar-refractivity contribution in [3.63, 3.8) is 0 Å². The van der Waals surface area contributed by atoms with Gasteiger partial charge in [-0.1, -0.05) is 48.0 Å². The van der Waals surface area contributed by atoms with Crippen LogP contribution in [-0.2, 0) is 6.42 Å². The molecular formula is C15H14ClFN2S. The molecule has 0 aliphatic carbocycles. The van der Waals surface area contributed by atoms with Gasteiger partial charge in [0.15, 0.2) is 10.9 Å². The molecule has 0 aliphatic heterocycles. The molecule has 0 unspecified atom stereocenters. The number of hydrogen-bond donors (Lipinski definition) is 2. The molecule has 2 aromatic carbocycles. The lowest BCUT2D eigenvalue weighted by Crippen LogP contribution is -2.30.